The van der Waals surface area contributed by atoms with E-state index < -0.39 is 4.92 Å². The number of hydrogen-bond donors (Lipinski definition) is 0. The molecule has 0 radical (unpaired) electrons. The van der Waals surface area contributed by atoms with Gasteiger partial charge in [0.15, 0.2) is 0 Å². The highest BCUT2D eigenvalue weighted by molar-refractivity contribution is 6.32. The van der Waals surface area contributed by atoms with Crippen molar-refractivity contribution in [3.63, 3.8) is 0 Å². The van der Waals surface area contributed by atoms with Crippen LogP contribution in [0.2, 0.25) is 0 Å². The van der Waals surface area contributed by atoms with E-state index in [1.54, 1.807) is 44.1 Å². The molecule has 0 N–H and O–H groups in total. The van der Waals surface area contributed by atoms with Crippen LogP contribution in [0.4, 0.5) is 17.1 Å². The van der Waals surface area contributed by atoms with E-state index in [-0.39, 0.29) is 11.6 Å². The van der Waals surface area contributed by atoms with E-state index in [0.717, 1.165) is 5.56 Å². The molecule has 0 unspecified atom stereocenters. The van der Waals surface area contributed by atoms with Crippen molar-refractivity contribution < 1.29 is 9.72 Å². The van der Waals surface area contributed by atoms with Gasteiger partial charge in [-0.1, -0.05) is 23.8 Å². The molecule has 0 atom stereocenters. The molecule has 7 heteroatoms. The molecule has 3 rings (SSSR count). The second-order valence-electron chi connectivity index (χ2n) is 6.60. The van der Waals surface area contributed by atoms with E-state index in [4.69, 9.17) is 0 Å². The van der Waals surface area contributed by atoms with Crippen molar-refractivity contribution in [2.24, 2.45) is 5.10 Å². The third-order valence-electron chi connectivity index (χ3n) is 4.33. The van der Waals surface area contributed by atoms with Gasteiger partial charge in [0.2, 0.25) is 0 Å². The molecule has 1 aliphatic rings. The minimum absolute atomic E-state index is 0.00946. The van der Waals surface area contributed by atoms with Crippen LogP contribution in [0.1, 0.15) is 18.1 Å². The molecule has 0 aromatic heterocycles. The first-order valence-electron chi connectivity index (χ1n) is 8.42. The predicted octanol–water partition coefficient (Wildman–Crippen LogP) is 3.78. The Labute approximate surface area is 157 Å². The van der Waals surface area contributed by atoms with Crippen LogP contribution in [0.5, 0.6) is 0 Å². The summed E-state index contributed by atoms with van der Waals surface area (Å²) in [5, 5.41) is 17.1. The van der Waals surface area contributed by atoms with Crippen LogP contribution in [0.3, 0.4) is 0 Å². The number of hydrazone groups is 1. The lowest BCUT2D eigenvalue weighted by Crippen LogP contribution is -2.21. The van der Waals surface area contributed by atoms with Crippen LogP contribution in [0, 0.1) is 17.0 Å². The Morgan fingerprint density at radius 1 is 1.11 bits per heavy atom. The zero-order valence-electron chi connectivity index (χ0n) is 15.6. The number of nitro benzene ring substituents is 1. The van der Waals surface area contributed by atoms with Crippen LogP contribution in [-0.4, -0.2) is 30.6 Å². The number of amides is 1. The quantitative estimate of drug-likeness (QED) is 0.470. The molecule has 1 aliphatic heterocycles. The van der Waals surface area contributed by atoms with Gasteiger partial charge in [0, 0.05) is 20.2 Å². The van der Waals surface area contributed by atoms with Gasteiger partial charge in [0.05, 0.1) is 21.9 Å². The third-order valence-corrected chi connectivity index (χ3v) is 4.33. The van der Waals surface area contributed by atoms with E-state index in [9.17, 15) is 14.9 Å². The summed E-state index contributed by atoms with van der Waals surface area (Å²) < 4.78 is 0. The second kappa shape index (κ2) is 7.03. The summed E-state index contributed by atoms with van der Waals surface area (Å²) in [6, 6.07) is 12.4. The van der Waals surface area contributed by atoms with Crippen molar-refractivity contribution in [1.82, 2.24) is 0 Å². The first-order valence-corrected chi connectivity index (χ1v) is 8.42. The number of benzene rings is 2. The van der Waals surface area contributed by atoms with Crippen LogP contribution < -0.4 is 9.91 Å². The number of nitrogens with zero attached hydrogens (tertiary/aromatic N) is 4. The SMILES string of the molecule is CC1=NN(c2ccc(C)cc2)C(=O)/C1=C\c1ccc(N(C)C)c([N+](=O)[O-])c1. The van der Waals surface area contributed by atoms with Crippen molar-refractivity contribution >= 4 is 34.8 Å². The van der Waals surface area contributed by atoms with Gasteiger partial charge in [-0.05, 0) is 43.7 Å². The Morgan fingerprint density at radius 3 is 2.37 bits per heavy atom. The molecule has 0 bridgehead atoms. The summed E-state index contributed by atoms with van der Waals surface area (Å²) in [6.45, 7) is 3.72. The fourth-order valence-electron chi connectivity index (χ4n) is 2.87. The molecule has 1 heterocycles. The number of aryl methyl sites for hydroxylation is 1. The van der Waals surface area contributed by atoms with Crippen LogP contribution in [-0.2, 0) is 4.79 Å². The standard InChI is InChI=1S/C20H20N4O3/c1-13-5-8-16(9-6-13)23-20(25)17(14(2)21-23)11-15-7-10-18(22(3)4)19(12-15)24(26)27/h5-12H,1-4H3/b17-11-. The van der Waals surface area contributed by atoms with Gasteiger partial charge < -0.3 is 4.90 Å². The van der Waals surface area contributed by atoms with Crippen molar-refractivity contribution in [3.05, 3.63) is 69.3 Å². The van der Waals surface area contributed by atoms with Crippen molar-refractivity contribution in [2.75, 3.05) is 24.0 Å². The number of carbonyl (C=O) groups excluding carboxylic acids is 1. The fourth-order valence-corrected chi connectivity index (χ4v) is 2.87. The molecule has 27 heavy (non-hydrogen) atoms. The monoisotopic (exact) mass is 364 g/mol. The molecule has 1 amide bonds. The Morgan fingerprint density at radius 2 is 1.78 bits per heavy atom. The number of nitro groups is 1. The van der Waals surface area contributed by atoms with E-state index in [1.807, 2.05) is 31.2 Å². The summed E-state index contributed by atoms with van der Waals surface area (Å²) in [5.41, 5.74) is 3.84. The molecule has 7 nitrogen and oxygen atoms in total. The van der Waals surface area contributed by atoms with Gasteiger partial charge in [-0.15, -0.1) is 0 Å². The van der Waals surface area contributed by atoms with Gasteiger partial charge in [-0.25, -0.2) is 0 Å². The molecule has 0 saturated heterocycles. The lowest BCUT2D eigenvalue weighted by molar-refractivity contribution is -0.384. The molecule has 138 valence electrons. The Balaban J connectivity index is 1.97. The maximum Gasteiger partial charge on any atom is 0.293 e. The molecule has 0 aliphatic carbocycles. The molecule has 0 spiro atoms. The van der Waals surface area contributed by atoms with Crippen molar-refractivity contribution in [1.29, 1.82) is 0 Å². The number of rotatable bonds is 4. The average molecular weight is 364 g/mol. The van der Waals surface area contributed by atoms with Crippen LogP contribution in [0.25, 0.3) is 6.08 Å². The zero-order chi connectivity index (χ0) is 19.7. The number of carbonyl (C=O) groups is 1. The highest BCUT2D eigenvalue weighted by Gasteiger charge is 2.29. The lowest BCUT2D eigenvalue weighted by Gasteiger charge is -2.13. The molecular weight excluding hydrogens is 344 g/mol. The van der Waals surface area contributed by atoms with E-state index >= 15 is 0 Å². The zero-order valence-corrected chi connectivity index (χ0v) is 15.6. The molecule has 2 aromatic carbocycles. The van der Waals surface area contributed by atoms with Crippen molar-refractivity contribution in [2.45, 2.75) is 13.8 Å². The maximum atomic E-state index is 12.8. The summed E-state index contributed by atoms with van der Waals surface area (Å²) in [4.78, 5) is 25.4. The average Bonchev–Trinajstić information content (AvgIpc) is 2.90. The highest BCUT2D eigenvalue weighted by atomic mass is 16.6. The van der Waals surface area contributed by atoms with Gasteiger partial charge >= 0.3 is 0 Å². The minimum Gasteiger partial charge on any atom is -0.372 e. The molecule has 0 fully saturated rings. The fraction of sp³-hybridized carbons (Fsp3) is 0.200. The van der Waals surface area contributed by atoms with Crippen LogP contribution in [0.15, 0.2) is 53.1 Å². The predicted molar refractivity (Wildman–Crippen MR) is 107 cm³/mol. The maximum absolute atomic E-state index is 12.8. The smallest absolute Gasteiger partial charge is 0.293 e. The highest BCUT2D eigenvalue weighted by Crippen LogP contribution is 2.30. The molecule has 2 aromatic rings. The van der Waals surface area contributed by atoms with E-state index in [0.29, 0.717) is 28.2 Å². The summed E-state index contributed by atoms with van der Waals surface area (Å²) in [6.07, 6.45) is 1.64. The Bertz CT molecular complexity index is 975. The normalized spacial score (nSPS) is 15.3. The second-order valence-corrected chi connectivity index (χ2v) is 6.60. The summed E-state index contributed by atoms with van der Waals surface area (Å²) in [7, 11) is 3.49. The van der Waals surface area contributed by atoms with Crippen LogP contribution >= 0.6 is 0 Å². The van der Waals surface area contributed by atoms with E-state index in [2.05, 4.69) is 5.10 Å². The first kappa shape index (κ1) is 18.3. The molecule has 0 saturated carbocycles. The van der Waals surface area contributed by atoms with Gasteiger partial charge in [0.1, 0.15) is 5.69 Å². The largest absolute Gasteiger partial charge is 0.372 e. The van der Waals surface area contributed by atoms with E-state index in [1.165, 1.54) is 11.1 Å². The van der Waals surface area contributed by atoms with Gasteiger partial charge in [0.25, 0.3) is 11.6 Å². The third kappa shape index (κ3) is 3.57. The topological polar surface area (TPSA) is 79.0 Å². The lowest BCUT2D eigenvalue weighted by atomic mass is 10.1. The number of hydrogen-bond acceptors (Lipinski definition) is 5. The first-order chi connectivity index (χ1) is 12.8. The van der Waals surface area contributed by atoms with Gasteiger partial charge in [-0.2, -0.15) is 10.1 Å². The summed E-state index contributed by atoms with van der Waals surface area (Å²) in [5.74, 6) is -0.254. The Kier molecular flexibility index (Phi) is 4.77. The van der Waals surface area contributed by atoms with Crippen molar-refractivity contribution in [3.8, 4) is 0 Å². The Hall–Kier alpha value is -3.48. The molecular formula is C20H20N4O3. The summed E-state index contributed by atoms with van der Waals surface area (Å²) >= 11 is 0. The number of anilines is 2. The minimum atomic E-state index is -0.423. The van der Waals surface area contributed by atoms with Gasteiger partial charge in [-0.3, -0.25) is 14.9 Å².